The highest BCUT2D eigenvalue weighted by Crippen LogP contribution is 2.36. The molecule has 0 aliphatic rings. The lowest BCUT2D eigenvalue weighted by atomic mass is 10.2. The molecule has 3 nitrogen and oxygen atoms in total. The molecule has 0 atom stereocenters. The van der Waals surface area contributed by atoms with E-state index in [-0.39, 0.29) is 5.91 Å². The minimum atomic E-state index is 0.0380. The summed E-state index contributed by atoms with van der Waals surface area (Å²) >= 11 is 4.92. The second kappa shape index (κ2) is 6.14. The predicted molar refractivity (Wildman–Crippen MR) is 90.4 cm³/mol. The molecule has 0 aliphatic heterocycles. The van der Waals surface area contributed by atoms with Crippen LogP contribution < -0.4 is 5.73 Å². The van der Waals surface area contributed by atoms with E-state index < -0.39 is 0 Å². The summed E-state index contributed by atoms with van der Waals surface area (Å²) in [6, 6.07) is 5.94. The van der Waals surface area contributed by atoms with E-state index >= 15 is 0 Å². The number of carbonyl (C=O) groups is 1. The first-order valence-corrected chi connectivity index (χ1v) is 8.31. The summed E-state index contributed by atoms with van der Waals surface area (Å²) in [4.78, 5) is 15.1. The van der Waals surface area contributed by atoms with Crippen LogP contribution in [-0.4, -0.2) is 23.9 Å². The first-order valence-electron chi connectivity index (χ1n) is 6.70. The number of thiophene rings is 1. The fourth-order valence-electron chi connectivity index (χ4n) is 2.19. The second-order valence-electron chi connectivity index (χ2n) is 5.22. The van der Waals surface area contributed by atoms with Gasteiger partial charge in [-0.2, -0.15) is 0 Å². The van der Waals surface area contributed by atoms with E-state index in [2.05, 4.69) is 29.8 Å². The summed E-state index contributed by atoms with van der Waals surface area (Å²) in [5, 5.41) is 0.952. The Morgan fingerprint density at radius 1 is 1.45 bits per heavy atom. The van der Waals surface area contributed by atoms with Crippen molar-refractivity contribution in [2.45, 2.75) is 20.8 Å². The zero-order valence-electron chi connectivity index (χ0n) is 11.9. The molecule has 0 spiro atoms. The van der Waals surface area contributed by atoms with Crippen LogP contribution in [0.2, 0.25) is 0 Å². The third kappa shape index (κ3) is 2.99. The molecule has 0 unspecified atom stereocenters. The van der Waals surface area contributed by atoms with Gasteiger partial charge in [-0.1, -0.05) is 29.8 Å². The zero-order valence-corrected chi connectivity index (χ0v) is 14.3. The van der Waals surface area contributed by atoms with Gasteiger partial charge >= 0.3 is 0 Å². The number of halogens is 1. The van der Waals surface area contributed by atoms with Crippen LogP contribution in [0.25, 0.3) is 10.1 Å². The molecule has 1 aromatic heterocycles. The number of benzene rings is 1. The Kier molecular flexibility index (Phi) is 4.70. The van der Waals surface area contributed by atoms with Crippen molar-refractivity contribution in [2.24, 2.45) is 5.92 Å². The minimum Gasteiger partial charge on any atom is -0.397 e. The van der Waals surface area contributed by atoms with Gasteiger partial charge in [0.1, 0.15) is 4.88 Å². The zero-order chi connectivity index (χ0) is 14.9. The largest absolute Gasteiger partial charge is 0.397 e. The van der Waals surface area contributed by atoms with Gasteiger partial charge in [0.05, 0.1) is 5.69 Å². The maximum atomic E-state index is 12.6. The third-order valence-electron chi connectivity index (χ3n) is 3.14. The Bertz CT molecular complexity index is 636. The lowest BCUT2D eigenvalue weighted by molar-refractivity contribution is 0.0751. The van der Waals surface area contributed by atoms with Gasteiger partial charge in [0, 0.05) is 27.6 Å². The molecule has 2 rings (SSSR count). The molecule has 2 N–H and O–H groups in total. The van der Waals surface area contributed by atoms with Crippen molar-refractivity contribution in [1.82, 2.24) is 4.90 Å². The Labute approximate surface area is 131 Å². The Morgan fingerprint density at radius 2 is 2.15 bits per heavy atom. The van der Waals surface area contributed by atoms with E-state index in [0.717, 1.165) is 21.1 Å². The van der Waals surface area contributed by atoms with E-state index in [0.29, 0.717) is 23.0 Å². The van der Waals surface area contributed by atoms with Crippen molar-refractivity contribution in [3.8, 4) is 0 Å². The number of amides is 1. The molecule has 0 fully saturated rings. The Balaban J connectivity index is 2.41. The SMILES string of the molecule is CCN(CC(C)C)C(=O)c1sc2ccc(Br)cc2c1N. The average Bonchev–Trinajstić information content (AvgIpc) is 2.72. The van der Waals surface area contributed by atoms with Crippen LogP contribution in [0.1, 0.15) is 30.4 Å². The van der Waals surface area contributed by atoms with E-state index in [1.807, 2.05) is 30.0 Å². The fraction of sp³-hybridized carbons (Fsp3) is 0.400. The number of hydrogen-bond acceptors (Lipinski definition) is 3. The molecule has 0 saturated carbocycles. The van der Waals surface area contributed by atoms with Gasteiger partial charge in [-0.15, -0.1) is 11.3 Å². The van der Waals surface area contributed by atoms with E-state index in [9.17, 15) is 4.79 Å². The molecule has 1 amide bonds. The highest BCUT2D eigenvalue weighted by atomic mass is 79.9. The molecule has 108 valence electrons. The monoisotopic (exact) mass is 354 g/mol. The van der Waals surface area contributed by atoms with Crippen LogP contribution in [0.4, 0.5) is 5.69 Å². The van der Waals surface area contributed by atoms with Crippen LogP contribution >= 0.6 is 27.3 Å². The standard InChI is InChI=1S/C15H19BrN2OS/c1-4-18(8-9(2)3)15(19)14-13(17)11-7-10(16)5-6-12(11)20-14/h5-7,9H,4,8,17H2,1-3H3. The summed E-state index contributed by atoms with van der Waals surface area (Å²) in [6.45, 7) is 7.68. The van der Waals surface area contributed by atoms with Crippen molar-refractivity contribution in [1.29, 1.82) is 0 Å². The van der Waals surface area contributed by atoms with E-state index in [1.165, 1.54) is 11.3 Å². The average molecular weight is 355 g/mol. The number of anilines is 1. The molecule has 0 aliphatic carbocycles. The van der Waals surface area contributed by atoms with Gasteiger partial charge in [0.25, 0.3) is 5.91 Å². The number of nitrogens with zero attached hydrogens (tertiary/aromatic N) is 1. The topological polar surface area (TPSA) is 46.3 Å². The summed E-state index contributed by atoms with van der Waals surface area (Å²) in [7, 11) is 0. The maximum absolute atomic E-state index is 12.6. The fourth-order valence-corrected chi connectivity index (χ4v) is 3.62. The third-order valence-corrected chi connectivity index (χ3v) is 4.80. The van der Waals surface area contributed by atoms with E-state index in [1.54, 1.807) is 0 Å². The predicted octanol–water partition coefficient (Wildman–Crippen LogP) is 4.36. The van der Waals surface area contributed by atoms with E-state index in [4.69, 9.17) is 5.73 Å². The van der Waals surface area contributed by atoms with Gasteiger partial charge in [-0.25, -0.2) is 0 Å². The number of rotatable bonds is 4. The first-order chi connectivity index (χ1) is 9.43. The van der Waals surface area contributed by atoms with Gasteiger partial charge in [0.15, 0.2) is 0 Å². The molecule has 0 saturated heterocycles. The quantitative estimate of drug-likeness (QED) is 0.886. The number of nitrogens with two attached hydrogens (primary N) is 1. The number of carbonyl (C=O) groups excluding carboxylic acids is 1. The van der Waals surface area contributed by atoms with Gasteiger partial charge < -0.3 is 10.6 Å². The van der Waals surface area contributed by atoms with Gasteiger partial charge in [0.2, 0.25) is 0 Å². The number of nitrogen functional groups attached to an aromatic ring is 1. The van der Waals surface area contributed by atoms with Crippen LogP contribution in [0, 0.1) is 5.92 Å². The number of fused-ring (bicyclic) bond motifs is 1. The van der Waals surface area contributed by atoms with Crippen LogP contribution in [0.3, 0.4) is 0 Å². The van der Waals surface area contributed by atoms with Crippen molar-refractivity contribution in [2.75, 3.05) is 18.8 Å². The van der Waals surface area contributed by atoms with Crippen LogP contribution in [-0.2, 0) is 0 Å². The van der Waals surface area contributed by atoms with Gasteiger partial charge in [-0.3, -0.25) is 4.79 Å². The first kappa shape index (κ1) is 15.3. The van der Waals surface area contributed by atoms with Crippen molar-refractivity contribution >= 4 is 48.9 Å². The molecule has 2 aromatic rings. The maximum Gasteiger partial charge on any atom is 0.266 e. The normalized spacial score (nSPS) is 11.2. The minimum absolute atomic E-state index is 0.0380. The Hall–Kier alpha value is -1.07. The Morgan fingerprint density at radius 3 is 2.75 bits per heavy atom. The van der Waals surface area contributed by atoms with Crippen LogP contribution in [0.15, 0.2) is 22.7 Å². The number of hydrogen-bond donors (Lipinski definition) is 1. The van der Waals surface area contributed by atoms with Crippen molar-refractivity contribution in [3.05, 3.63) is 27.5 Å². The lowest BCUT2D eigenvalue weighted by Crippen LogP contribution is -2.33. The summed E-state index contributed by atoms with van der Waals surface area (Å²) in [5.74, 6) is 0.486. The van der Waals surface area contributed by atoms with Crippen LogP contribution in [0.5, 0.6) is 0 Å². The molecule has 0 bridgehead atoms. The molecular weight excluding hydrogens is 336 g/mol. The smallest absolute Gasteiger partial charge is 0.266 e. The molecule has 1 heterocycles. The molecule has 0 radical (unpaired) electrons. The van der Waals surface area contributed by atoms with Crippen molar-refractivity contribution < 1.29 is 4.79 Å². The molecule has 5 heteroatoms. The lowest BCUT2D eigenvalue weighted by Gasteiger charge is -2.22. The molecule has 1 aromatic carbocycles. The highest BCUT2D eigenvalue weighted by Gasteiger charge is 2.21. The summed E-state index contributed by atoms with van der Waals surface area (Å²) in [6.07, 6.45) is 0. The van der Waals surface area contributed by atoms with Gasteiger partial charge in [-0.05, 0) is 31.0 Å². The molecule has 20 heavy (non-hydrogen) atoms. The summed E-state index contributed by atoms with van der Waals surface area (Å²) in [5.41, 5.74) is 6.77. The summed E-state index contributed by atoms with van der Waals surface area (Å²) < 4.78 is 2.03. The highest BCUT2D eigenvalue weighted by molar-refractivity contribution is 9.10. The second-order valence-corrected chi connectivity index (χ2v) is 7.19. The van der Waals surface area contributed by atoms with Crippen molar-refractivity contribution in [3.63, 3.8) is 0 Å². The molecular formula is C15H19BrN2OS.